The van der Waals surface area contributed by atoms with Gasteiger partial charge in [-0.25, -0.2) is 0 Å². The van der Waals surface area contributed by atoms with E-state index in [1.807, 2.05) is 0 Å². The zero-order valence-electron chi connectivity index (χ0n) is 40.0. The summed E-state index contributed by atoms with van der Waals surface area (Å²) >= 11 is 0. The summed E-state index contributed by atoms with van der Waals surface area (Å²) < 4.78 is 50.2. The van der Waals surface area contributed by atoms with Crippen LogP contribution < -0.4 is 0 Å². The van der Waals surface area contributed by atoms with E-state index < -0.39 is 121 Å². The van der Waals surface area contributed by atoms with Gasteiger partial charge in [0.05, 0.1) is 54.9 Å². The van der Waals surface area contributed by atoms with E-state index in [1.54, 1.807) is 13.8 Å². The molecule has 4 aliphatic heterocycles. The molecule has 66 heavy (non-hydrogen) atoms. The van der Waals surface area contributed by atoms with Crippen LogP contribution in [0.5, 0.6) is 0 Å². The van der Waals surface area contributed by atoms with E-state index in [-0.39, 0.29) is 58.7 Å². The maximum Gasteiger partial charge on any atom is 0.303 e. The van der Waals surface area contributed by atoms with Crippen molar-refractivity contribution in [1.29, 1.82) is 0 Å². The highest BCUT2D eigenvalue weighted by molar-refractivity contribution is 5.66. The van der Waals surface area contributed by atoms with E-state index in [1.165, 1.54) is 13.8 Å². The van der Waals surface area contributed by atoms with Crippen molar-refractivity contribution < 1.29 is 88.6 Å². The number of ether oxygens (including phenoxy) is 8. The first-order valence-electron chi connectivity index (χ1n) is 24.5. The van der Waals surface area contributed by atoms with Crippen LogP contribution in [0.25, 0.3) is 0 Å². The second-order valence-corrected chi connectivity index (χ2v) is 24.0. The molecule has 18 heteroatoms. The first-order valence-corrected chi connectivity index (χ1v) is 24.5. The van der Waals surface area contributed by atoms with Gasteiger partial charge in [0, 0.05) is 12.8 Å². The van der Waals surface area contributed by atoms with Crippen LogP contribution in [0.2, 0.25) is 0 Å². The lowest BCUT2D eigenvalue weighted by Crippen LogP contribution is -2.65. The van der Waals surface area contributed by atoms with Gasteiger partial charge < -0.3 is 83.9 Å². The Morgan fingerprint density at radius 1 is 0.667 bits per heavy atom. The van der Waals surface area contributed by atoms with Crippen molar-refractivity contribution in [2.45, 2.75) is 236 Å². The Bertz CT molecular complexity index is 1810. The van der Waals surface area contributed by atoms with Crippen molar-refractivity contribution in [3.63, 3.8) is 0 Å². The fourth-order valence-electron chi connectivity index (χ4n) is 16.3. The van der Waals surface area contributed by atoms with Crippen LogP contribution in [0.1, 0.15) is 120 Å². The molecule has 18 nitrogen and oxygen atoms in total. The fraction of sp³-hybridized carbons (Fsp3) is 0.979. The largest absolute Gasteiger partial charge is 0.457 e. The Kier molecular flexibility index (Phi) is 12.6. The lowest BCUT2D eigenvalue weighted by atomic mass is 9.41. The number of rotatable bonds is 9. The van der Waals surface area contributed by atoms with Crippen molar-refractivity contribution in [2.24, 2.45) is 44.8 Å². The molecule has 0 aromatic heterocycles. The third-order valence-corrected chi connectivity index (χ3v) is 19.6. The molecule has 9 rings (SSSR count). The van der Waals surface area contributed by atoms with Gasteiger partial charge in [-0.05, 0) is 124 Å². The fourth-order valence-corrected chi connectivity index (χ4v) is 16.3. The highest BCUT2D eigenvalue weighted by Crippen LogP contribution is 2.89. The quantitative estimate of drug-likeness (QED) is 0.114. The minimum atomic E-state index is -1.70. The van der Waals surface area contributed by atoms with E-state index in [4.69, 9.17) is 37.9 Å². The van der Waals surface area contributed by atoms with Crippen LogP contribution in [0, 0.1) is 44.8 Å². The van der Waals surface area contributed by atoms with Gasteiger partial charge in [-0.3, -0.25) is 4.79 Å². The number of carbonyl (C=O) groups is 1. The average molecular weight is 943 g/mol. The summed E-state index contributed by atoms with van der Waals surface area (Å²) in [5, 5.41) is 99.5. The van der Waals surface area contributed by atoms with Crippen molar-refractivity contribution in [3.8, 4) is 0 Å². The molecule has 5 aliphatic carbocycles. The predicted molar refractivity (Wildman–Crippen MR) is 229 cm³/mol. The highest BCUT2D eigenvalue weighted by atomic mass is 16.8. The van der Waals surface area contributed by atoms with Crippen LogP contribution in [0.4, 0.5) is 0 Å². The Balaban J connectivity index is 1.03. The van der Waals surface area contributed by atoms with Gasteiger partial charge in [0.15, 0.2) is 25.0 Å². The molecular formula is C48H78O18. The molecule has 2 spiro atoms. The van der Waals surface area contributed by atoms with Crippen molar-refractivity contribution in [1.82, 2.24) is 0 Å². The molecule has 5 saturated carbocycles. The Morgan fingerprint density at radius 3 is 2.02 bits per heavy atom. The summed E-state index contributed by atoms with van der Waals surface area (Å²) in [6.07, 6.45) is -13.6. The topological polar surface area (TPSA) is 273 Å². The minimum absolute atomic E-state index is 0.0789. The molecule has 378 valence electrons. The van der Waals surface area contributed by atoms with Crippen molar-refractivity contribution in [3.05, 3.63) is 0 Å². The first-order chi connectivity index (χ1) is 30.7. The summed E-state index contributed by atoms with van der Waals surface area (Å²) in [7, 11) is 0. The summed E-state index contributed by atoms with van der Waals surface area (Å²) in [4.78, 5) is 12.1. The van der Waals surface area contributed by atoms with Crippen LogP contribution in [0.15, 0.2) is 0 Å². The normalized spacial score (nSPS) is 56.7. The summed E-state index contributed by atoms with van der Waals surface area (Å²) in [5.74, 6) is -0.976. The molecule has 0 aromatic rings. The summed E-state index contributed by atoms with van der Waals surface area (Å²) in [6.45, 7) is 16.8. The van der Waals surface area contributed by atoms with Crippen LogP contribution >= 0.6 is 0 Å². The second-order valence-electron chi connectivity index (χ2n) is 24.0. The third-order valence-electron chi connectivity index (χ3n) is 19.6. The molecule has 9 fully saturated rings. The second kappa shape index (κ2) is 16.7. The third kappa shape index (κ3) is 7.43. The number of hydrogen-bond donors (Lipinski definition) is 9. The monoisotopic (exact) mass is 943 g/mol. The Labute approximate surface area is 387 Å². The minimum Gasteiger partial charge on any atom is -0.457 e. The summed E-state index contributed by atoms with van der Waals surface area (Å²) in [6, 6.07) is 0. The number of esters is 1. The molecule has 25 atom stereocenters. The molecule has 0 bridgehead atoms. The van der Waals surface area contributed by atoms with Crippen molar-refractivity contribution in [2.75, 3.05) is 13.2 Å². The number of hydrogen-bond acceptors (Lipinski definition) is 18. The zero-order valence-corrected chi connectivity index (χ0v) is 40.0. The van der Waals surface area contributed by atoms with Gasteiger partial charge in [-0.15, -0.1) is 0 Å². The zero-order chi connectivity index (χ0) is 48.1. The number of carbonyl (C=O) groups excluding carboxylic acids is 1. The molecule has 4 saturated heterocycles. The Morgan fingerprint density at radius 2 is 1.35 bits per heavy atom. The smallest absolute Gasteiger partial charge is 0.303 e. The van der Waals surface area contributed by atoms with E-state index in [2.05, 4.69) is 34.6 Å². The number of fused-ring (bicyclic) bond motifs is 2. The van der Waals surface area contributed by atoms with E-state index in [9.17, 15) is 50.8 Å². The van der Waals surface area contributed by atoms with E-state index in [0.29, 0.717) is 25.7 Å². The van der Waals surface area contributed by atoms with Crippen LogP contribution in [-0.4, -0.2) is 181 Å². The maximum atomic E-state index is 12.3. The SMILES string of the molecule is CC(=O)O[C@@H]1CO[C@@H](O[C@H]2CC[C@]34C[C@]35CC[C@]3(C)[C@@H]([C@@]6(C)CC[C@@H](C(C)(C)O)O6)[C@@H](O)C[C@@]3(C)[C@@H]5C[C@H](O[C@@H]3OC[C@@H](O)[C@H](O)[C@H]3O)[C@H]4C2(C)C)[C@H](O[C@@H]2O[C@@H](C)[C@H](O)[C@@H](O)[C@H]2O)[C@H]1O. The molecule has 0 aromatic carbocycles. The van der Waals surface area contributed by atoms with Gasteiger partial charge in [-0.2, -0.15) is 0 Å². The maximum absolute atomic E-state index is 12.3. The average Bonchev–Trinajstić information content (AvgIpc) is 3.59. The summed E-state index contributed by atoms with van der Waals surface area (Å²) in [5.41, 5.74) is -3.47. The Hall–Kier alpha value is -1.17. The lowest BCUT2D eigenvalue weighted by Gasteiger charge is -2.65. The van der Waals surface area contributed by atoms with Crippen molar-refractivity contribution >= 4 is 5.97 Å². The predicted octanol–water partition coefficient (Wildman–Crippen LogP) is 0.786. The molecule has 9 N–H and O–H groups in total. The molecular weight excluding hydrogens is 865 g/mol. The number of aliphatic hydroxyl groups is 9. The van der Waals surface area contributed by atoms with Gasteiger partial charge >= 0.3 is 5.97 Å². The first kappa shape index (κ1) is 49.8. The molecule has 0 radical (unpaired) electrons. The molecule has 4 heterocycles. The van der Waals surface area contributed by atoms with Gasteiger partial charge in [0.1, 0.15) is 48.8 Å². The van der Waals surface area contributed by atoms with E-state index in [0.717, 1.165) is 32.1 Å². The van der Waals surface area contributed by atoms with Crippen LogP contribution in [-0.2, 0) is 42.7 Å². The van der Waals surface area contributed by atoms with Gasteiger partial charge in [0.25, 0.3) is 0 Å². The molecule has 0 unspecified atom stereocenters. The lowest BCUT2D eigenvalue weighted by molar-refractivity contribution is -0.366. The number of aliphatic hydroxyl groups excluding tert-OH is 8. The molecule has 0 amide bonds. The molecule has 9 aliphatic rings. The standard InChI is InChI=1S/C48H78O18/c1-21-30(52)33(55)35(57)40(61-21)65-36-32(54)26(62-22(2)49)19-60-41(36)64-28-11-13-48-20-47(48)15-14-44(7)37(46(9)12-10-29(66-46)43(5,6)58)23(50)17-45(44,8)27(47)16-25(38(48)42(28,3)4)63-39-34(56)31(53)24(51)18-59-39/h21,23-41,50-58H,10-20H2,1-9H3/t21-,23-,24+,25-,26+,27-,28-,29-,30-,31-,32-,33+,34+,35+,36+,37-,38-,39-,40-,41-,44+,45-,46+,47-,48+/m0/s1. The van der Waals surface area contributed by atoms with Gasteiger partial charge in [-0.1, -0.05) is 27.7 Å². The van der Waals surface area contributed by atoms with Crippen LogP contribution in [0.3, 0.4) is 0 Å². The highest BCUT2D eigenvalue weighted by Gasteiger charge is 2.85. The van der Waals surface area contributed by atoms with Gasteiger partial charge in [0.2, 0.25) is 0 Å². The van der Waals surface area contributed by atoms with E-state index >= 15 is 0 Å².